The summed E-state index contributed by atoms with van der Waals surface area (Å²) in [6.45, 7) is 7.29. The maximum Gasteiger partial charge on any atom is 0.234 e. The number of rotatable bonds is 4. The molecule has 1 amide bonds. The van der Waals surface area contributed by atoms with Crippen molar-refractivity contribution in [1.29, 1.82) is 0 Å². The summed E-state index contributed by atoms with van der Waals surface area (Å²) in [7, 11) is 0. The van der Waals surface area contributed by atoms with Crippen molar-refractivity contribution in [3.8, 4) is 5.75 Å². The number of alkyl halides is 1. The van der Waals surface area contributed by atoms with Crippen molar-refractivity contribution in [2.45, 2.75) is 39.7 Å². The summed E-state index contributed by atoms with van der Waals surface area (Å²) in [6, 6.07) is 3.38. The summed E-state index contributed by atoms with van der Waals surface area (Å²) >= 11 is 11.4. The molecule has 0 fully saturated rings. The molecule has 4 nitrogen and oxygen atoms in total. The highest BCUT2D eigenvalue weighted by Gasteiger charge is 2.22. The van der Waals surface area contributed by atoms with E-state index in [2.05, 4.69) is 0 Å². The van der Waals surface area contributed by atoms with Crippen molar-refractivity contribution < 1.29 is 14.7 Å². The molecule has 1 N–H and O–H groups in total. The van der Waals surface area contributed by atoms with Gasteiger partial charge in [-0.2, -0.15) is 0 Å². The van der Waals surface area contributed by atoms with Gasteiger partial charge in [-0.05, 0) is 23.1 Å². The summed E-state index contributed by atoms with van der Waals surface area (Å²) in [5, 5.41) is 10.2. The van der Waals surface area contributed by atoms with Crippen LogP contribution < -0.4 is 0 Å². The molecule has 0 saturated carbocycles. The predicted octanol–water partition coefficient (Wildman–Crippen LogP) is 3.61. The number of aromatic hydroxyl groups is 1. The molecule has 0 radical (unpaired) electrons. The number of hydrogen-bond donors (Lipinski definition) is 1. The quantitative estimate of drug-likeness (QED) is 0.520. The highest BCUT2D eigenvalue weighted by atomic mass is 35.5. The average molecular weight is 332 g/mol. The van der Waals surface area contributed by atoms with Crippen molar-refractivity contribution in [3.05, 3.63) is 28.8 Å². The monoisotopic (exact) mass is 331 g/mol. The number of phenols is 1. The van der Waals surface area contributed by atoms with E-state index in [0.29, 0.717) is 5.56 Å². The van der Waals surface area contributed by atoms with Crippen molar-refractivity contribution in [2.24, 2.45) is 0 Å². The molecule has 1 aromatic rings. The zero-order chi connectivity index (χ0) is 16.4. The largest absolute Gasteiger partial charge is 0.507 e. The van der Waals surface area contributed by atoms with Gasteiger partial charge in [-0.15, -0.1) is 11.6 Å². The topological polar surface area (TPSA) is 57.6 Å². The molecule has 0 atom stereocenters. The first-order valence-corrected chi connectivity index (χ1v) is 7.34. The minimum atomic E-state index is -0.370. The summed E-state index contributed by atoms with van der Waals surface area (Å²) in [5.41, 5.74) is 1.21. The molecule has 0 heterocycles. The number of nitrogens with zero attached hydrogens (tertiary/aromatic N) is 1. The number of halogens is 2. The van der Waals surface area contributed by atoms with E-state index in [-0.39, 0.29) is 40.8 Å². The van der Waals surface area contributed by atoms with Gasteiger partial charge in [0.1, 0.15) is 5.75 Å². The first kappa shape index (κ1) is 17.8. The molecule has 0 aliphatic carbocycles. The summed E-state index contributed by atoms with van der Waals surface area (Å²) in [6.07, 6.45) is 0. The van der Waals surface area contributed by atoms with E-state index in [4.69, 9.17) is 23.4 Å². The van der Waals surface area contributed by atoms with Crippen LogP contribution in [-0.4, -0.2) is 27.1 Å². The minimum Gasteiger partial charge on any atom is -0.507 e. The van der Waals surface area contributed by atoms with Gasteiger partial charge in [-0.3, -0.25) is 14.0 Å². The average Bonchev–Trinajstić information content (AvgIpc) is 2.38. The third-order valence-electron chi connectivity index (χ3n) is 3.13. The molecule has 0 aliphatic rings. The van der Waals surface area contributed by atoms with Crippen molar-refractivity contribution in [2.75, 3.05) is 5.88 Å². The Kier molecular flexibility index (Phi) is 5.65. The number of amides is 1. The molecule has 0 unspecified atom stereocenters. The van der Waals surface area contributed by atoms with Gasteiger partial charge in [0.2, 0.25) is 5.91 Å². The molecule has 21 heavy (non-hydrogen) atoms. The molecule has 0 saturated heterocycles. The first-order valence-electron chi connectivity index (χ1n) is 6.47. The molecule has 0 aliphatic heterocycles. The zero-order valence-corrected chi connectivity index (χ0v) is 14.0. The maximum atomic E-state index is 11.9. The second kappa shape index (κ2) is 6.67. The van der Waals surface area contributed by atoms with Crippen LogP contribution >= 0.6 is 23.4 Å². The summed E-state index contributed by atoms with van der Waals surface area (Å²) < 4.78 is 0.955. The van der Waals surface area contributed by atoms with Crippen molar-refractivity contribution in [3.63, 3.8) is 0 Å². The molecule has 0 bridgehead atoms. The van der Waals surface area contributed by atoms with E-state index in [1.165, 1.54) is 6.92 Å². The summed E-state index contributed by atoms with van der Waals surface area (Å²) in [5.74, 6) is -1.12. The second-order valence-corrected chi connectivity index (χ2v) is 6.55. The smallest absolute Gasteiger partial charge is 0.234 e. The van der Waals surface area contributed by atoms with E-state index in [1.54, 1.807) is 12.1 Å². The van der Waals surface area contributed by atoms with Crippen LogP contribution in [0.3, 0.4) is 0 Å². The minimum absolute atomic E-state index is 0.00913. The van der Waals surface area contributed by atoms with Gasteiger partial charge >= 0.3 is 0 Å². The lowest BCUT2D eigenvalue weighted by molar-refractivity contribution is -0.124. The van der Waals surface area contributed by atoms with Crippen LogP contribution in [0.5, 0.6) is 5.75 Å². The zero-order valence-electron chi connectivity index (χ0n) is 12.5. The van der Waals surface area contributed by atoms with E-state index < -0.39 is 0 Å². The van der Waals surface area contributed by atoms with E-state index >= 15 is 0 Å². The fraction of sp³-hybridized carbons (Fsp3) is 0.467. The maximum absolute atomic E-state index is 11.9. The molecule has 1 rings (SSSR count). The van der Waals surface area contributed by atoms with Gasteiger partial charge in [-0.25, -0.2) is 0 Å². The third-order valence-corrected chi connectivity index (χ3v) is 3.73. The van der Waals surface area contributed by atoms with Gasteiger partial charge in [0.15, 0.2) is 5.78 Å². The highest BCUT2D eigenvalue weighted by molar-refractivity contribution is 6.30. The molecular formula is C15H19Cl2NO3. The fourth-order valence-corrected chi connectivity index (χ4v) is 2.07. The number of phenolic OH excluding ortho intramolecular Hbond substituents is 1. The fourth-order valence-electron chi connectivity index (χ4n) is 1.79. The van der Waals surface area contributed by atoms with Gasteiger partial charge in [0.25, 0.3) is 0 Å². The van der Waals surface area contributed by atoms with Crippen LogP contribution in [0.15, 0.2) is 12.1 Å². The molecule has 1 aromatic carbocycles. The van der Waals surface area contributed by atoms with Gasteiger partial charge in [0.05, 0.1) is 18.0 Å². The van der Waals surface area contributed by atoms with Crippen LogP contribution in [0.2, 0.25) is 0 Å². The Morgan fingerprint density at radius 2 is 1.86 bits per heavy atom. The van der Waals surface area contributed by atoms with Crippen LogP contribution in [0.1, 0.15) is 49.2 Å². The first-order chi connectivity index (χ1) is 9.57. The van der Waals surface area contributed by atoms with Crippen LogP contribution in [0.25, 0.3) is 0 Å². The van der Waals surface area contributed by atoms with E-state index in [0.717, 1.165) is 9.98 Å². The van der Waals surface area contributed by atoms with Crippen LogP contribution in [0, 0.1) is 0 Å². The Morgan fingerprint density at radius 1 is 1.29 bits per heavy atom. The standard InChI is InChI=1S/C15H19Cl2NO3/c1-9(19)18(17)8-10-5-11(15(2,3)4)6-12(14(10)21)13(20)7-16/h5-6,21H,7-8H2,1-4H3. The van der Waals surface area contributed by atoms with Gasteiger partial charge < -0.3 is 5.11 Å². The third kappa shape index (κ3) is 4.35. The second-order valence-electron chi connectivity index (χ2n) is 5.88. The molecular weight excluding hydrogens is 313 g/mol. The Bertz CT molecular complexity index is 565. The van der Waals surface area contributed by atoms with Crippen LogP contribution in [0.4, 0.5) is 0 Å². The molecule has 0 aromatic heterocycles. The lowest BCUT2D eigenvalue weighted by atomic mass is 9.84. The lowest BCUT2D eigenvalue weighted by Gasteiger charge is -2.23. The molecule has 6 heteroatoms. The number of Topliss-reactive ketones (excluding diaryl/α,β-unsaturated/α-hetero) is 1. The number of carbonyl (C=O) groups excluding carboxylic acids is 2. The predicted molar refractivity (Wildman–Crippen MR) is 83.9 cm³/mol. The molecule has 0 spiro atoms. The van der Waals surface area contributed by atoms with Gasteiger partial charge in [0, 0.05) is 24.3 Å². The highest BCUT2D eigenvalue weighted by Crippen LogP contribution is 2.32. The SMILES string of the molecule is CC(=O)N(Cl)Cc1cc(C(C)(C)C)cc(C(=O)CCl)c1O. The summed E-state index contributed by atoms with van der Waals surface area (Å²) in [4.78, 5) is 23.1. The van der Waals surface area contributed by atoms with E-state index in [1.807, 2.05) is 20.8 Å². The molecule has 116 valence electrons. The van der Waals surface area contributed by atoms with Gasteiger partial charge in [-0.1, -0.05) is 20.8 Å². The Hall–Kier alpha value is -1.26. The van der Waals surface area contributed by atoms with Crippen molar-refractivity contribution >= 4 is 35.1 Å². The van der Waals surface area contributed by atoms with Crippen molar-refractivity contribution in [1.82, 2.24) is 4.42 Å². The number of benzene rings is 1. The van der Waals surface area contributed by atoms with Crippen LogP contribution in [-0.2, 0) is 16.8 Å². The number of carbonyl (C=O) groups is 2. The Morgan fingerprint density at radius 3 is 2.29 bits per heavy atom. The Balaban J connectivity index is 3.41. The number of ketones is 1. The van der Waals surface area contributed by atoms with E-state index in [9.17, 15) is 14.7 Å². The Labute approximate surface area is 134 Å². The lowest BCUT2D eigenvalue weighted by Crippen LogP contribution is -2.19. The number of hydrogen-bond acceptors (Lipinski definition) is 3. The normalized spacial score (nSPS) is 11.3.